The van der Waals surface area contributed by atoms with Crippen LogP contribution in [0.4, 0.5) is 14.9 Å². The van der Waals surface area contributed by atoms with Crippen molar-refractivity contribution < 1.29 is 14.0 Å². The molecule has 2 rings (SSSR count). The van der Waals surface area contributed by atoms with E-state index in [9.17, 15) is 14.0 Å². The van der Waals surface area contributed by atoms with Gasteiger partial charge in [0.05, 0.1) is 0 Å². The minimum absolute atomic E-state index is 0.273. The Balaban J connectivity index is 1.95. The van der Waals surface area contributed by atoms with Crippen molar-refractivity contribution in [1.29, 1.82) is 0 Å². The molecule has 6 heteroatoms. The minimum Gasteiger partial charge on any atom is -0.351 e. The lowest BCUT2D eigenvalue weighted by atomic mass is 10.1. The SMILES string of the molecule is Cc1ccc(C(=O)NCc2ccc(NC(N)=O)cc2)cc1F. The van der Waals surface area contributed by atoms with Crippen molar-refractivity contribution in [2.45, 2.75) is 13.5 Å². The van der Waals surface area contributed by atoms with Crippen LogP contribution in [0.15, 0.2) is 42.5 Å². The van der Waals surface area contributed by atoms with Gasteiger partial charge in [0.1, 0.15) is 5.82 Å². The first-order chi connectivity index (χ1) is 10.5. The number of carbonyl (C=O) groups excluding carboxylic acids is 2. The lowest BCUT2D eigenvalue weighted by molar-refractivity contribution is 0.0950. The molecule has 0 unspecified atom stereocenters. The van der Waals surface area contributed by atoms with Gasteiger partial charge in [-0.15, -0.1) is 0 Å². The second-order valence-corrected chi connectivity index (χ2v) is 4.83. The predicted octanol–water partition coefficient (Wildman–Crippen LogP) is 2.55. The number of rotatable bonds is 4. The number of nitrogens with two attached hydrogens (primary N) is 1. The van der Waals surface area contributed by atoms with E-state index in [1.54, 1.807) is 43.3 Å². The zero-order valence-corrected chi connectivity index (χ0v) is 12.0. The summed E-state index contributed by atoms with van der Waals surface area (Å²) in [6.45, 7) is 1.93. The van der Waals surface area contributed by atoms with Gasteiger partial charge < -0.3 is 16.4 Å². The second-order valence-electron chi connectivity index (χ2n) is 4.83. The summed E-state index contributed by atoms with van der Waals surface area (Å²) < 4.78 is 13.4. The van der Waals surface area contributed by atoms with E-state index in [2.05, 4.69) is 10.6 Å². The second kappa shape index (κ2) is 6.71. The normalized spacial score (nSPS) is 10.1. The van der Waals surface area contributed by atoms with Crippen molar-refractivity contribution in [3.63, 3.8) is 0 Å². The summed E-state index contributed by atoms with van der Waals surface area (Å²) in [6, 6.07) is 10.6. The average Bonchev–Trinajstić information content (AvgIpc) is 2.48. The molecular formula is C16H16FN3O2. The van der Waals surface area contributed by atoms with E-state index in [0.717, 1.165) is 5.56 Å². The van der Waals surface area contributed by atoms with Crippen LogP contribution in [0.1, 0.15) is 21.5 Å². The van der Waals surface area contributed by atoms with Crippen molar-refractivity contribution in [2.75, 3.05) is 5.32 Å². The third-order valence-electron chi connectivity index (χ3n) is 3.11. The molecule has 3 amide bonds. The highest BCUT2D eigenvalue weighted by atomic mass is 19.1. The third-order valence-corrected chi connectivity index (χ3v) is 3.11. The Morgan fingerprint density at radius 2 is 1.82 bits per heavy atom. The van der Waals surface area contributed by atoms with Crippen molar-refractivity contribution in [3.8, 4) is 0 Å². The van der Waals surface area contributed by atoms with Gasteiger partial charge in [0, 0.05) is 17.8 Å². The molecule has 5 nitrogen and oxygen atoms in total. The summed E-state index contributed by atoms with van der Waals surface area (Å²) in [6.07, 6.45) is 0. The molecule has 4 N–H and O–H groups in total. The Labute approximate surface area is 127 Å². The van der Waals surface area contributed by atoms with E-state index in [0.29, 0.717) is 17.8 Å². The topological polar surface area (TPSA) is 84.2 Å². The first-order valence-electron chi connectivity index (χ1n) is 6.65. The molecule has 0 bridgehead atoms. The molecule has 0 radical (unpaired) electrons. The van der Waals surface area contributed by atoms with Crippen LogP contribution in [0.2, 0.25) is 0 Å². The molecule has 0 saturated heterocycles. The highest BCUT2D eigenvalue weighted by Gasteiger charge is 2.08. The Hall–Kier alpha value is -2.89. The van der Waals surface area contributed by atoms with Gasteiger partial charge >= 0.3 is 6.03 Å². The first-order valence-corrected chi connectivity index (χ1v) is 6.65. The quantitative estimate of drug-likeness (QED) is 0.811. The monoisotopic (exact) mass is 301 g/mol. The largest absolute Gasteiger partial charge is 0.351 e. The van der Waals surface area contributed by atoms with Crippen LogP contribution in [0.3, 0.4) is 0 Å². The molecule has 2 aromatic carbocycles. The van der Waals surface area contributed by atoms with Gasteiger partial charge in [-0.1, -0.05) is 18.2 Å². The van der Waals surface area contributed by atoms with Crippen LogP contribution < -0.4 is 16.4 Å². The number of hydrogen-bond acceptors (Lipinski definition) is 2. The Morgan fingerprint density at radius 3 is 2.41 bits per heavy atom. The maximum Gasteiger partial charge on any atom is 0.316 e. The van der Waals surface area contributed by atoms with Crippen LogP contribution in [0, 0.1) is 12.7 Å². The molecule has 114 valence electrons. The van der Waals surface area contributed by atoms with Gasteiger partial charge in [-0.25, -0.2) is 9.18 Å². The summed E-state index contributed by atoms with van der Waals surface area (Å²) >= 11 is 0. The van der Waals surface area contributed by atoms with Gasteiger partial charge in [0.25, 0.3) is 5.91 Å². The molecule has 0 aliphatic carbocycles. The summed E-state index contributed by atoms with van der Waals surface area (Å²) in [7, 11) is 0. The molecule has 0 aromatic heterocycles. The molecule has 2 aromatic rings. The zero-order valence-electron chi connectivity index (χ0n) is 12.0. The van der Waals surface area contributed by atoms with Gasteiger partial charge in [-0.2, -0.15) is 0 Å². The van der Waals surface area contributed by atoms with Crippen LogP contribution in [-0.4, -0.2) is 11.9 Å². The standard InChI is InChI=1S/C16H16FN3O2/c1-10-2-5-12(8-14(10)17)15(21)19-9-11-3-6-13(7-4-11)20-16(18)22/h2-8H,9H2,1H3,(H,19,21)(H3,18,20,22). The van der Waals surface area contributed by atoms with Crippen LogP contribution in [0.25, 0.3) is 0 Å². The first kappa shape index (κ1) is 15.5. The molecule has 0 saturated carbocycles. The lowest BCUT2D eigenvalue weighted by Crippen LogP contribution is -2.23. The number of nitrogens with one attached hydrogen (secondary N) is 2. The fourth-order valence-corrected chi connectivity index (χ4v) is 1.87. The summed E-state index contributed by atoms with van der Waals surface area (Å²) in [5, 5.41) is 5.15. The van der Waals surface area contributed by atoms with Gasteiger partial charge in [0.2, 0.25) is 0 Å². The number of halogens is 1. The number of amides is 3. The number of anilines is 1. The van der Waals surface area contributed by atoms with Gasteiger partial charge in [0.15, 0.2) is 0 Å². The van der Waals surface area contributed by atoms with Crippen molar-refractivity contribution in [1.82, 2.24) is 5.32 Å². The van der Waals surface area contributed by atoms with Crippen molar-refractivity contribution >= 4 is 17.6 Å². The van der Waals surface area contributed by atoms with E-state index >= 15 is 0 Å². The molecule has 0 heterocycles. The zero-order chi connectivity index (χ0) is 16.1. The number of aryl methyl sites for hydroxylation is 1. The Kier molecular flexibility index (Phi) is 4.73. The lowest BCUT2D eigenvalue weighted by Gasteiger charge is -2.07. The number of carbonyl (C=O) groups is 2. The van der Waals surface area contributed by atoms with Crippen LogP contribution in [-0.2, 0) is 6.54 Å². The van der Waals surface area contributed by atoms with E-state index in [1.807, 2.05) is 0 Å². The molecule has 0 fully saturated rings. The van der Waals surface area contributed by atoms with E-state index < -0.39 is 11.8 Å². The highest BCUT2D eigenvalue weighted by molar-refractivity contribution is 5.94. The van der Waals surface area contributed by atoms with E-state index in [4.69, 9.17) is 5.73 Å². The average molecular weight is 301 g/mol. The number of urea groups is 1. The number of benzene rings is 2. The summed E-state index contributed by atoms with van der Waals surface area (Å²) in [4.78, 5) is 22.6. The Bertz CT molecular complexity index is 699. The van der Waals surface area contributed by atoms with Crippen LogP contribution in [0.5, 0.6) is 0 Å². The van der Waals surface area contributed by atoms with E-state index in [1.165, 1.54) is 6.07 Å². The molecule has 0 aliphatic heterocycles. The maximum atomic E-state index is 13.4. The molecule has 0 spiro atoms. The van der Waals surface area contributed by atoms with Crippen molar-refractivity contribution in [3.05, 3.63) is 65.0 Å². The minimum atomic E-state index is -0.637. The fourth-order valence-electron chi connectivity index (χ4n) is 1.87. The highest BCUT2D eigenvalue weighted by Crippen LogP contribution is 2.11. The Morgan fingerprint density at radius 1 is 1.14 bits per heavy atom. The third kappa shape index (κ3) is 4.05. The van der Waals surface area contributed by atoms with Gasteiger partial charge in [-0.3, -0.25) is 4.79 Å². The predicted molar refractivity (Wildman–Crippen MR) is 82.0 cm³/mol. The molecular weight excluding hydrogens is 285 g/mol. The number of primary amides is 1. The molecule has 22 heavy (non-hydrogen) atoms. The fraction of sp³-hybridized carbons (Fsp3) is 0.125. The maximum absolute atomic E-state index is 13.4. The smallest absolute Gasteiger partial charge is 0.316 e. The molecule has 0 atom stereocenters. The summed E-state index contributed by atoms with van der Waals surface area (Å²) in [5.74, 6) is -0.757. The van der Waals surface area contributed by atoms with Crippen molar-refractivity contribution in [2.24, 2.45) is 5.73 Å². The molecule has 0 aliphatic rings. The van der Waals surface area contributed by atoms with Crippen LogP contribution >= 0.6 is 0 Å². The van der Waals surface area contributed by atoms with E-state index in [-0.39, 0.29) is 11.5 Å². The summed E-state index contributed by atoms with van der Waals surface area (Å²) in [5.41, 5.74) is 7.19. The van der Waals surface area contributed by atoms with Gasteiger partial charge in [-0.05, 0) is 42.3 Å². The number of hydrogen-bond donors (Lipinski definition) is 3.